The molecule has 0 radical (unpaired) electrons. The Morgan fingerprint density at radius 1 is 1.50 bits per heavy atom. The predicted octanol–water partition coefficient (Wildman–Crippen LogP) is 2.15. The molecule has 0 aromatic rings. The van der Waals surface area contributed by atoms with Crippen LogP contribution < -0.4 is 0 Å². The Labute approximate surface area is 81.1 Å². The van der Waals surface area contributed by atoms with Crippen LogP contribution in [0.5, 0.6) is 0 Å². The van der Waals surface area contributed by atoms with E-state index in [-0.39, 0.29) is 0 Å². The van der Waals surface area contributed by atoms with Crippen molar-refractivity contribution in [1.29, 1.82) is 0 Å². The van der Waals surface area contributed by atoms with Gasteiger partial charge >= 0.3 is 0 Å². The van der Waals surface area contributed by atoms with Crippen molar-refractivity contribution in [3.8, 4) is 0 Å². The van der Waals surface area contributed by atoms with Crippen LogP contribution in [-0.2, 0) is 0 Å². The predicted molar refractivity (Wildman–Crippen MR) is 53.4 cm³/mol. The minimum atomic E-state index is -0.940. The quantitative estimate of drug-likeness (QED) is 0.661. The van der Waals surface area contributed by atoms with Crippen LogP contribution in [-0.4, -0.2) is 36.0 Å². The molecule has 1 aliphatic carbocycles. The Kier molecular flexibility index (Phi) is 3.07. The Balaban J connectivity index is 2.69. The van der Waals surface area contributed by atoms with Gasteiger partial charge in [-0.1, -0.05) is 34.2 Å². The maximum Gasteiger partial charge on any atom is 0.139 e. The number of hydrogen-bond acceptors (Lipinski definition) is 1. The van der Waals surface area contributed by atoms with E-state index in [1.54, 1.807) is 12.2 Å². The van der Waals surface area contributed by atoms with Gasteiger partial charge in [0, 0.05) is 6.54 Å². The average Bonchev–Trinajstić information content (AvgIpc) is 1.94. The molecule has 2 atom stereocenters. The van der Waals surface area contributed by atoms with E-state index in [4.69, 9.17) is 0 Å². The van der Waals surface area contributed by atoms with Crippen molar-refractivity contribution in [3.05, 3.63) is 24.3 Å². The summed E-state index contributed by atoms with van der Waals surface area (Å²) in [5.41, 5.74) is 0. The molecule has 0 spiro atoms. The molecule has 1 nitrogen and oxygen atoms in total. The van der Waals surface area contributed by atoms with Gasteiger partial charge in [-0.2, -0.15) is 0 Å². The van der Waals surface area contributed by atoms with Crippen molar-refractivity contribution in [2.75, 3.05) is 20.6 Å². The molecule has 0 aliphatic heterocycles. The summed E-state index contributed by atoms with van der Waals surface area (Å²) in [6.45, 7) is 0.662. The first-order chi connectivity index (χ1) is 5.54. The molecule has 0 heterocycles. The number of rotatable bonds is 2. The van der Waals surface area contributed by atoms with Crippen molar-refractivity contribution in [2.45, 2.75) is 10.5 Å². The normalized spacial score (nSPS) is 34.6. The standard InChI is InChI=1S/C9H13BrFN/c1-12(2)7-9(10)6-4-3-5-8(9)11/h3-6,8H,7H2,1-2H3. The minimum Gasteiger partial charge on any atom is -0.308 e. The summed E-state index contributed by atoms with van der Waals surface area (Å²) in [5, 5.41) is 0. The summed E-state index contributed by atoms with van der Waals surface area (Å²) >= 11 is 3.41. The van der Waals surface area contributed by atoms with Gasteiger partial charge in [-0.15, -0.1) is 0 Å². The second kappa shape index (κ2) is 3.71. The fraction of sp³-hybridized carbons (Fsp3) is 0.556. The van der Waals surface area contributed by atoms with Crippen LogP contribution in [0.2, 0.25) is 0 Å². The van der Waals surface area contributed by atoms with Gasteiger partial charge in [0.2, 0.25) is 0 Å². The van der Waals surface area contributed by atoms with Crippen molar-refractivity contribution in [2.24, 2.45) is 0 Å². The van der Waals surface area contributed by atoms with E-state index in [0.717, 1.165) is 0 Å². The first kappa shape index (κ1) is 9.93. The molecule has 1 rings (SSSR count). The lowest BCUT2D eigenvalue weighted by molar-refractivity contribution is 0.285. The lowest BCUT2D eigenvalue weighted by Crippen LogP contribution is -2.41. The highest BCUT2D eigenvalue weighted by Crippen LogP contribution is 2.31. The maximum absolute atomic E-state index is 13.4. The topological polar surface area (TPSA) is 3.24 Å². The zero-order valence-corrected chi connectivity index (χ0v) is 8.88. The number of hydrogen-bond donors (Lipinski definition) is 0. The largest absolute Gasteiger partial charge is 0.308 e. The van der Waals surface area contributed by atoms with Crippen LogP contribution in [0.1, 0.15) is 0 Å². The molecule has 1 aliphatic rings. The van der Waals surface area contributed by atoms with Crippen LogP contribution in [0.15, 0.2) is 24.3 Å². The second-order valence-corrected chi connectivity index (χ2v) is 4.79. The van der Waals surface area contributed by atoms with Gasteiger partial charge in [0.05, 0.1) is 4.32 Å². The van der Waals surface area contributed by atoms with E-state index in [2.05, 4.69) is 15.9 Å². The van der Waals surface area contributed by atoms with E-state index in [1.165, 1.54) is 0 Å². The van der Waals surface area contributed by atoms with Gasteiger partial charge < -0.3 is 4.90 Å². The minimum absolute atomic E-state index is 0.536. The molecule has 0 N–H and O–H groups in total. The second-order valence-electron chi connectivity index (χ2n) is 3.31. The van der Waals surface area contributed by atoms with Crippen LogP contribution in [0.25, 0.3) is 0 Å². The summed E-state index contributed by atoms with van der Waals surface area (Å²) < 4.78 is 12.8. The van der Waals surface area contributed by atoms with Gasteiger partial charge in [0.1, 0.15) is 6.17 Å². The van der Waals surface area contributed by atoms with Crippen molar-refractivity contribution < 1.29 is 4.39 Å². The van der Waals surface area contributed by atoms with Crippen molar-refractivity contribution in [3.63, 3.8) is 0 Å². The van der Waals surface area contributed by atoms with Gasteiger partial charge in [0.15, 0.2) is 0 Å². The van der Waals surface area contributed by atoms with Crippen molar-refractivity contribution >= 4 is 15.9 Å². The molecule has 0 bridgehead atoms. The first-order valence-electron chi connectivity index (χ1n) is 3.88. The molecule has 0 amide bonds. The zero-order valence-electron chi connectivity index (χ0n) is 7.30. The fourth-order valence-electron chi connectivity index (χ4n) is 1.25. The molecular formula is C9H13BrFN. The van der Waals surface area contributed by atoms with Crippen LogP contribution in [0.4, 0.5) is 4.39 Å². The number of nitrogens with zero attached hydrogens (tertiary/aromatic N) is 1. The Bertz CT molecular complexity index is 213. The van der Waals surface area contributed by atoms with Gasteiger partial charge in [0.25, 0.3) is 0 Å². The lowest BCUT2D eigenvalue weighted by atomic mass is 9.98. The smallest absolute Gasteiger partial charge is 0.139 e. The lowest BCUT2D eigenvalue weighted by Gasteiger charge is -2.30. The summed E-state index contributed by atoms with van der Waals surface area (Å²) in [6.07, 6.45) is 6.09. The Morgan fingerprint density at radius 2 is 2.17 bits per heavy atom. The fourth-order valence-corrected chi connectivity index (χ4v) is 2.06. The van der Waals surface area contributed by atoms with E-state index in [9.17, 15) is 4.39 Å². The van der Waals surface area contributed by atoms with Crippen LogP contribution >= 0.6 is 15.9 Å². The summed E-state index contributed by atoms with van der Waals surface area (Å²) in [6, 6.07) is 0. The number of alkyl halides is 2. The molecule has 2 unspecified atom stereocenters. The Morgan fingerprint density at radius 3 is 2.67 bits per heavy atom. The SMILES string of the molecule is CN(C)CC1(Br)C=CC=CC1F. The van der Waals surface area contributed by atoms with E-state index in [1.807, 2.05) is 31.1 Å². The molecule has 0 fully saturated rings. The summed E-state index contributed by atoms with van der Waals surface area (Å²) in [7, 11) is 3.86. The van der Waals surface area contributed by atoms with E-state index in [0.29, 0.717) is 6.54 Å². The molecule has 0 saturated heterocycles. The molecule has 0 aromatic carbocycles. The maximum atomic E-state index is 13.4. The van der Waals surface area contributed by atoms with Gasteiger partial charge in [-0.05, 0) is 20.2 Å². The monoisotopic (exact) mass is 233 g/mol. The highest BCUT2D eigenvalue weighted by Gasteiger charge is 2.34. The van der Waals surface area contributed by atoms with Crippen molar-refractivity contribution in [1.82, 2.24) is 4.90 Å². The van der Waals surface area contributed by atoms with Crippen LogP contribution in [0.3, 0.4) is 0 Å². The third kappa shape index (κ3) is 2.17. The zero-order chi connectivity index (χ0) is 9.19. The van der Waals surface area contributed by atoms with Gasteiger partial charge in [-0.3, -0.25) is 0 Å². The average molecular weight is 234 g/mol. The highest BCUT2D eigenvalue weighted by molar-refractivity contribution is 9.10. The molecule has 0 aromatic heterocycles. The van der Waals surface area contributed by atoms with Gasteiger partial charge in [-0.25, -0.2) is 4.39 Å². The van der Waals surface area contributed by atoms with E-state index < -0.39 is 10.5 Å². The first-order valence-corrected chi connectivity index (χ1v) is 4.68. The third-order valence-electron chi connectivity index (χ3n) is 1.78. The molecule has 68 valence electrons. The molecule has 3 heteroatoms. The Hall–Kier alpha value is -0.150. The third-order valence-corrected chi connectivity index (χ3v) is 2.73. The molecule has 0 saturated carbocycles. The summed E-state index contributed by atoms with van der Waals surface area (Å²) in [5.74, 6) is 0. The highest BCUT2D eigenvalue weighted by atomic mass is 79.9. The molecular weight excluding hydrogens is 221 g/mol. The van der Waals surface area contributed by atoms with Crippen LogP contribution in [0, 0.1) is 0 Å². The number of allylic oxidation sites excluding steroid dienone is 3. The number of halogens is 2. The summed E-state index contributed by atoms with van der Waals surface area (Å²) in [4.78, 5) is 1.96. The van der Waals surface area contributed by atoms with E-state index >= 15 is 0 Å². The molecule has 12 heavy (non-hydrogen) atoms.